The number of aromatic nitrogens is 1. The Morgan fingerprint density at radius 2 is 2.35 bits per heavy atom. The smallest absolute Gasteiger partial charge is 0.312 e. The third kappa shape index (κ3) is 3.44. The summed E-state index contributed by atoms with van der Waals surface area (Å²) in [5.41, 5.74) is -0.0412. The molecule has 0 saturated heterocycles. The van der Waals surface area contributed by atoms with Gasteiger partial charge in [0.15, 0.2) is 0 Å². The van der Waals surface area contributed by atoms with Crippen molar-refractivity contribution in [3.63, 3.8) is 0 Å². The van der Waals surface area contributed by atoms with Crippen molar-refractivity contribution in [3.05, 3.63) is 49.3 Å². The summed E-state index contributed by atoms with van der Waals surface area (Å²) >= 11 is 7.29. The molecule has 0 aliphatic rings. The zero-order valence-corrected chi connectivity index (χ0v) is 11.7. The van der Waals surface area contributed by atoms with Gasteiger partial charge in [-0.25, -0.2) is 4.98 Å². The normalized spacial score (nSPS) is 10.0. The number of thiophene rings is 1. The second-order valence-corrected chi connectivity index (χ2v) is 5.64. The number of rotatable bonds is 5. The molecule has 0 radical (unpaired) electrons. The fraction of sp³-hybridized carbons (Fsp3) is 0.167. The van der Waals surface area contributed by atoms with E-state index in [0.717, 1.165) is 4.88 Å². The van der Waals surface area contributed by atoms with Gasteiger partial charge in [0, 0.05) is 23.7 Å². The van der Waals surface area contributed by atoms with Gasteiger partial charge in [0.1, 0.15) is 6.07 Å². The molecule has 20 heavy (non-hydrogen) atoms. The van der Waals surface area contributed by atoms with Crippen molar-refractivity contribution in [2.75, 3.05) is 11.9 Å². The Hall–Kier alpha value is -2.17. The van der Waals surface area contributed by atoms with Crippen LogP contribution in [0.1, 0.15) is 10.4 Å². The average molecular weight is 309 g/mol. The molecule has 2 aromatic heterocycles. The van der Waals surface area contributed by atoms with Gasteiger partial charge in [-0.3, -0.25) is 10.1 Å². The largest absolute Gasteiger partial charge is 0.364 e. The van der Waals surface area contributed by atoms with Crippen molar-refractivity contribution in [3.8, 4) is 6.07 Å². The molecule has 102 valence electrons. The SMILES string of the molecule is N#Cc1cnc(NCCc2ccc(Cl)s2)c([N+](=O)[O-])c1. The number of hydrogen-bond donors (Lipinski definition) is 1. The van der Waals surface area contributed by atoms with E-state index in [-0.39, 0.29) is 17.1 Å². The van der Waals surface area contributed by atoms with E-state index >= 15 is 0 Å². The van der Waals surface area contributed by atoms with E-state index in [4.69, 9.17) is 16.9 Å². The molecule has 6 nitrogen and oxygen atoms in total. The average Bonchev–Trinajstić information content (AvgIpc) is 2.84. The molecule has 0 fully saturated rings. The van der Waals surface area contributed by atoms with Gasteiger partial charge in [0.2, 0.25) is 5.82 Å². The van der Waals surface area contributed by atoms with Crippen molar-refractivity contribution in [1.82, 2.24) is 4.98 Å². The molecule has 2 aromatic rings. The number of nitrogens with one attached hydrogen (secondary N) is 1. The van der Waals surface area contributed by atoms with Crippen LogP contribution in [-0.4, -0.2) is 16.5 Å². The summed E-state index contributed by atoms with van der Waals surface area (Å²) in [4.78, 5) is 15.4. The van der Waals surface area contributed by atoms with Gasteiger partial charge in [-0.2, -0.15) is 5.26 Å². The topological polar surface area (TPSA) is 91.8 Å². The van der Waals surface area contributed by atoms with Crippen molar-refractivity contribution in [2.24, 2.45) is 0 Å². The second kappa shape index (κ2) is 6.32. The van der Waals surface area contributed by atoms with Gasteiger partial charge in [0.25, 0.3) is 0 Å². The fourth-order valence-corrected chi connectivity index (χ4v) is 2.67. The van der Waals surface area contributed by atoms with Crippen LogP contribution in [0.15, 0.2) is 24.4 Å². The van der Waals surface area contributed by atoms with Crippen molar-refractivity contribution < 1.29 is 4.92 Å². The van der Waals surface area contributed by atoms with E-state index in [1.54, 1.807) is 0 Å². The molecule has 0 spiro atoms. The van der Waals surface area contributed by atoms with Gasteiger partial charge in [-0.15, -0.1) is 11.3 Å². The van der Waals surface area contributed by atoms with Gasteiger partial charge in [0.05, 0.1) is 14.8 Å². The first-order valence-corrected chi connectivity index (χ1v) is 6.82. The first-order valence-electron chi connectivity index (χ1n) is 5.63. The number of anilines is 1. The maximum atomic E-state index is 10.9. The first-order chi connectivity index (χ1) is 9.60. The zero-order valence-electron chi connectivity index (χ0n) is 10.2. The maximum absolute atomic E-state index is 10.9. The van der Waals surface area contributed by atoms with E-state index in [2.05, 4.69) is 10.3 Å². The molecule has 0 amide bonds. The lowest BCUT2D eigenvalue weighted by atomic mass is 10.2. The highest BCUT2D eigenvalue weighted by Crippen LogP contribution is 2.24. The van der Waals surface area contributed by atoms with E-state index < -0.39 is 4.92 Å². The van der Waals surface area contributed by atoms with Gasteiger partial charge < -0.3 is 5.32 Å². The van der Waals surface area contributed by atoms with Crippen LogP contribution in [0.3, 0.4) is 0 Å². The summed E-state index contributed by atoms with van der Waals surface area (Å²) in [5.74, 6) is 0.164. The fourth-order valence-electron chi connectivity index (χ4n) is 1.58. The second-order valence-electron chi connectivity index (χ2n) is 3.84. The molecule has 0 aliphatic heterocycles. The lowest BCUT2D eigenvalue weighted by Gasteiger charge is -2.05. The molecular formula is C12H9ClN4O2S. The molecule has 0 aliphatic carbocycles. The molecule has 0 saturated carbocycles. The summed E-state index contributed by atoms with van der Waals surface area (Å²) in [6.45, 7) is 0.497. The number of nitro groups is 1. The number of hydrogen-bond acceptors (Lipinski definition) is 6. The first kappa shape index (κ1) is 14.2. The minimum atomic E-state index is -0.557. The Kier molecular flexibility index (Phi) is 4.50. The van der Waals surface area contributed by atoms with Crippen molar-refractivity contribution in [1.29, 1.82) is 5.26 Å². The molecule has 0 atom stereocenters. The Morgan fingerprint density at radius 3 is 2.95 bits per heavy atom. The van der Waals surface area contributed by atoms with E-state index in [9.17, 15) is 10.1 Å². The molecular weight excluding hydrogens is 300 g/mol. The van der Waals surface area contributed by atoms with Crippen LogP contribution in [0.25, 0.3) is 0 Å². The minimum Gasteiger partial charge on any atom is -0.364 e. The summed E-state index contributed by atoms with van der Waals surface area (Å²) in [6.07, 6.45) is 1.99. The number of halogens is 1. The minimum absolute atomic E-state index is 0.160. The van der Waals surface area contributed by atoms with Gasteiger partial charge >= 0.3 is 5.69 Å². The van der Waals surface area contributed by atoms with Crippen molar-refractivity contribution in [2.45, 2.75) is 6.42 Å². The number of pyridine rings is 1. The van der Waals surface area contributed by atoms with Crippen LogP contribution < -0.4 is 5.32 Å². The van der Waals surface area contributed by atoms with Crippen LogP contribution in [0.4, 0.5) is 11.5 Å². The van der Waals surface area contributed by atoms with E-state index in [1.807, 2.05) is 18.2 Å². The summed E-state index contributed by atoms with van der Waals surface area (Å²) in [7, 11) is 0. The van der Waals surface area contributed by atoms with Gasteiger partial charge in [-0.05, 0) is 18.6 Å². The number of nitrogens with zero attached hydrogens (tertiary/aromatic N) is 3. The monoisotopic (exact) mass is 308 g/mol. The number of nitriles is 1. The standard InChI is InChI=1S/C12H9ClN4O2S/c13-11-2-1-9(20-11)3-4-15-12-10(17(18)19)5-8(6-14)7-16-12/h1-2,5,7H,3-4H2,(H,15,16). The molecule has 2 heterocycles. The zero-order chi connectivity index (χ0) is 14.5. The third-order valence-electron chi connectivity index (χ3n) is 2.49. The summed E-state index contributed by atoms with van der Waals surface area (Å²) in [6, 6.07) is 6.75. The Labute approximate surface area is 123 Å². The van der Waals surface area contributed by atoms with Crippen LogP contribution in [-0.2, 0) is 6.42 Å². The Morgan fingerprint density at radius 1 is 1.55 bits per heavy atom. The summed E-state index contributed by atoms with van der Waals surface area (Å²) < 4.78 is 0.711. The van der Waals surface area contributed by atoms with Crippen LogP contribution in [0.2, 0.25) is 4.34 Å². The van der Waals surface area contributed by atoms with Crippen LogP contribution in [0.5, 0.6) is 0 Å². The van der Waals surface area contributed by atoms with E-state index in [1.165, 1.54) is 23.6 Å². The highest BCUT2D eigenvalue weighted by molar-refractivity contribution is 7.16. The maximum Gasteiger partial charge on any atom is 0.312 e. The highest BCUT2D eigenvalue weighted by atomic mass is 35.5. The molecule has 1 N–H and O–H groups in total. The van der Waals surface area contributed by atoms with E-state index in [0.29, 0.717) is 17.3 Å². The lowest BCUT2D eigenvalue weighted by molar-refractivity contribution is -0.384. The Balaban J connectivity index is 2.05. The third-order valence-corrected chi connectivity index (χ3v) is 3.78. The van der Waals surface area contributed by atoms with Gasteiger partial charge in [-0.1, -0.05) is 11.6 Å². The molecule has 2 rings (SSSR count). The summed E-state index contributed by atoms with van der Waals surface area (Å²) in [5, 5.41) is 22.5. The van der Waals surface area contributed by atoms with Crippen LogP contribution in [0, 0.1) is 21.4 Å². The lowest BCUT2D eigenvalue weighted by Crippen LogP contribution is -2.08. The molecule has 8 heteroatoms. The predicted octanol–water partition coefficient (Wildman–Crippen LogP) is 3.23. The highest BCUT2D eigenvalue weighted by Gasteiger charge is 2.16. The van der Waals surface area contributed by atoms with Crippen LogP contribution >= 0.6 is 22.9 Å². The predicted molar refractivity (Wildman–Crippen MR) is 77.1 cm³/mol. The Bertz CT molecular complexity index is 680. The molecule has 0 unspecified atom stereocenters. The molecule has 0 aromatic carbocycles. The quantitative estimate of drug-likeness (QED) is 0.676. The van der Waals surface area contributed by atoms with Crippen molar-refractivity contribution >= 4 is 34.4 Å². The molecule has 0 bridgehead atoms.